The second-order valence-corrected chi connectivity index (χ2v) is 12.6. The van der Waals surface area contributed by atoms with Crippen molar-refractivity contribution in [3.8, 4) is 0 Å². The lowest BCUT2D eigenvalue weighted by molar-refractivity contribution is 0.239. The molecule has 0 bridgehead atoms. The van der Waals surface area contributed by atoms with Crippen LogP contribution < -0.4 is 0 Å². The maximum Gasteiger partial charge on any atom is 0.0919 e. The van der Waals surface area contributed by atoms with E-state index in [1.165, 1.54) is 135 Å². The van der Waals surface area contributed by atoms with Crippen molar-refractivity contribution in [3.05, 3.63) is 24.3 Å². The van der Waals surface area contributed by atoms with E-state index in [2.05, 4.69) is 38.2 Å². The molecule has 0 aromatic rings. The van der Waals surface area contributed by atoms with Crippen LogP contribution in [0.25, 0.3) is 0 Å². The van der Waals surface area contributed by atoms with Crippen molar-refractivity contribution < 1.29 is 9.47 Å². The van der Waals surface area contributed by atoms with Gasteiger partial charge in [0.1, 0.15) is 0 Å². The van der Waals surface area contributed by atoms with Gasteiger partial charge in [-0.1, -0.05) is 109 Å². The van der Waals surface area contributed by atoms with Crippen molar-refractivity contribution in [1.29, 1.82) is 0 Å². The molecule has 0 aromatic carbocycles. The third-order valence-corrected chi connectivity index (χ3v) is 8.71. The molecule has 2 aliphatic heterocycles. The zero-order chi connectivity index (χ0) is 24.7. The van der Waals surface area contributed by atoms with Crippen molar-refractivity contribution >= 4 is 0 Å². The predicted octanol–water partition coefficient (Wildman–Crippen LogP) is 10.1. The molecule has 202 valence electrons. The summed E-state index contributed by atoms with van der Waals surface area (Å²) < 4.78 is 11.5. The Morgan fingerprint density at radius 1 is 0.486 bits per heavy atom. The average Bonchev–Trinajstić information content (AvgIpc) is 3.76. The summed E-state index contributed by atoms with van der Waals surface area (Å²) in [4.78, 5) is 0. The Hall–Kier alpha value is -0.600. The molecule has 4 aliphatic rings. The molecular weight excluding hydrogens is 428 g/mol. The molecule has 0 saturated carbocycles. The Morgan fingerprint density at radius 2 is 0.829 bits per heavy atom. The molecule has 4 rings (SSSR count). The second kappa shape index (κ2) is 16.3. The quantitative estimate of drug-likeness (QED) is 0.251. The van der Waals surface area contributed by atoms with Crippen molar-refractivity contribution in [1.82, 2.24) is 0 Å². The zero-order valence-electron chi connectivity index (χ0n) is 23.5. The molecule has 2 heteroatoms. The normalized spacial score (nSPS) is 38.1. The highest BCUT2D eigenvalue weighted by Crippen LogP contribution is 2.41. The average molecular weight is 487 g/mol. The molecule has 0 N–H and O–H groups in total. The van der Waals surface area contributed by atoms with Crippen molar-refractivity contribution in [3.63, 3.8) is 0 Å². The Labute approximate surface area is 218 Å². The highest BCUT2D eigenvalue weighted by Gasteiger charge is 2.45. The van der Waals surface area contributed by atoms with Crippen LogP contribution in [0.3, 0.4) is 0 Å². The van der Waals surface area contributed by atoms with Gasteiger partial charge in [-0.3, -0.25) is 0 Å². The molecule has 2 spiro atoms. The molecule has 2 aliphatic carbocycles. The summed E-state index contributed by atoms with van der Waals surface area (Å²) in [6.45, 7) is 6.81. The van der Waals surface area contributed by atoms with Crippen LogP contribution in [0.1, 0.15) is 149 Å². The van der Waals surface area contributed by atoms with E-state index in [0.717, 1.165) is 25.0 Å². The van der Waals surface area contributed by atoms with Crippen molar-refractivity contribution in [2.45, 2.75) is 160 Å². The Balaban J connectivity index is 0.000000196. The van der Waals surface area contributed by atoms with E-state index in [0.29, 0.717) is 11.2 Å². The Morgan fingerprint density at radius 3 is 1.20 bits per heavy atom. The predicted molar refractivity (Wildman–Crippen MR) is 151 cm³/mol. The molecular formula is C33H58O2. The van der Waals surface area contributed by atoms with Gasteiger partial charge in [-0.05, 0) is 76.0 Å². The van der Waals surface area contributed by atoms with Crippen LogP contribution in [0.2, 0.25) is 0 Å². The molecule has 2 saturated heterocycles. The number of hydrogen-bond donors (Lipinski definition) is 0. The van der Waals surface area contributed by atoms with Crippen LogP contribution in [0.5, 0.6) is 0 Å². The molecule has 4 unspecified atom stereocenters. The molecule has 35 heavy (non-hydrogen) atoms. The lowest BCUT2D eigenvalue weighted by atomic mass is 9.89. The number of hydrogen-bond acceptors (Lipinski definition) is 2. The topological polar surface area (TPSA) is 25.1 Å². The number of rotatable bonds is 0. The van der Waals surface area contributed by atoms with Gasteiger partial charge < -0.3 is 9.47 Å². The Bertz CT molecular complexity index is 598. The second-order valence-electron chi connectivity index (χ2n) is 12.6. The highest BCUT2D eigenvalue weighted by molar-refractivity contribution is 4.96. The van der Waals surface area contributed by atoms with Gasteiger partial charge >= 0.3 is 0 Å². The maximum absolute atomic E-state index is 5.77. The molecule has 2 heterocycles. The molecule has 4 atom stereocenters. The number of allylic oxidation sites excluding steroid dienone is 4. The van der Waals surface area contributed by atoms with Gasteiger partial charge in [0.2, 0.25) is 0 Å². The van der Waals surface area contributed by atoms with E-state index in [-0.39, 0.29) is 0 Å². The summed E-state index contributed by atoms with van der Waals surface area (Å²) in [5.74, 6) is 1.57. The van der Waals surface area contributed by atoms with E-state index in [4.69, 9.17) is 9.47 Å². The van der Waals surface area contributed by atoms with Gasteiger partial charge in [-0.15, -0.1) is 0 Å². The summed E-state index contributed by atoms with van der Waals surface area (Å²) in [6, 6.07) is 0. The minimum Gasteiger partial charge on any atom is -0.370 e. The first kappa shape index (κ1) is 29.0. The van der Waals surface area contributed by atoms with Gasteiger partial charge in [0.05, 0.1) is 24.4 Å². The summed E-state index contributed by atoms with van der Waals surface area (Å²) >= 11 is 0. The van der Waals surface area contributed by atoms with Crippen molar-refractivity contribution in [2.75, 3.05) is 13.2 Å². The SMILES string of the molecule is CC1C/C=C/CCCCCCCCC2(CO2)C1.CC1C/C=C/CCCCCCCCCC2(CO2)C1. The first-order valence-electron chi connectivity index (χ1n) is 15.7. The minimum atomic E-state index is 0.299. The summed E-state index contributed by atoms with van der Waals surface area (Å²) in [5.41, 5.74) is 0.602. The van der Waals surface area contributed by atoms with E-state index in [1.807, 2.05) is 0 Å². The lowest BCUT2D eigenvalue weighted by Crippen LogP contribution is -2.15. The molecule has 2 nitrogen and oxygen atoms in total. The number of epoxide rings is 2. The molecule has 0 radical (unpaired) electrons. The highest BCUT2D eigenvalue weighted by atomic mass is 16.6. The third-order valence-electron chi connectivity index (χ3n) is 8.71. The minimum absolute atomic E-state index is 0.299. The van der Waals surface area contributed by atoms with Crippen LogP contribution >= 0.6 is 0 Å². The van der Waals surface area contributed by atoms with E-state index >= 15 is 0 Å². The molecule has 0 aromatic heterocycles. The fourth-order valence-electron chi connectivity index (χ4n) is 6.27. The third kappa shape index (κ3) is 13.0. The van der Waals surface area contributed by atoms with E-state index < -0.39 is 0 Å². The Kier molecular flexibility index (Phi) is 13.5. The van der Waals surface area contributed by atoms with Gasteiger partial charge in [0, 0.05) is 0 Å². The fourth-order valence-corrected chi connectivity index (χ4v) is 6.27. The van der Waals surface area contributed by atoms with Crippen LogP contribution in [0.15, 0.2) is 24.3 Å². The van der Waals surface area contributed by atoms with Gasteiger partial charge in [0.15, 0.2) is 0 Å². The fraction of sp³-hybridized carbons (Fsp3) is 0.879. The monoisotopic (exact) mass is 486 g/mol. The van der Waals surface area contributed by atoms with Crippen LogP contribution in [-0.4, -0.2) is 24.4 Å². The first-order valence-corrected chi connectivity index (χ1v) is 15.7. The van der Waals surface area contributed by atoms with E-state index in [9.17, 15) is 0 Å². The van der Waals surface area contributed by atoms with Gasteiger partial charge in [0.25, 0.3) is 0 Å². The zero-order valence-corrected chi connectivity index (χ0v) is 23.5. The van der Waals surface area contributed by atoms with Gasteiger partial charge in [-0.2, -0.15) is 0 Å². The summed E-state index contributed by atoms with van der Waals surface area (Å²) in [7, 11) is 0. The van der Waals surface area contributed by atoms with Crippen molar-refractivity contribution in [2.24, 2.45) is 11.8 Å². The van der Waals surface area contributed by atoms with Crippen LogP contribution in [0, 0.1) is 11.8 Å². The van der Waals surface area contributed by atoms with E-state index in [1.54, 1.807) is 0 Å². The maximum atomic E-state index is 5.77. The van der Waals surface area contributed by atoms with Crippen LogP contribution in [-0.2, 0) is 9.47 Å². The standard InChI is InChI=1S/C17H30O.C16H28O/c1-16-12-10-8-6-4-2-3-5-7-9-11-13-17(14-16)15-18-17;1-15-11-9-7-5-3-2-4-6-8-10-12-16(13-15)14-17-16/h8,10,16H,2-7,9,11-15H2,1H3;7,9,15H,2-6,8,10-14H2,1H3/b10-8+;9-7+. The number of ether oxygens (including phenoxy) is 2. The van der Waals surface area contributed by atoms with Crippen LogP contribution in [0.4, 0.5) is 0 Å². The lowest BCUT2D eigenvalue weighted by Gasteiger charge is -2.16. The first-order chi connectivity index (χ1) is 17.1. The molecule has 2 fully saturated rings. The molecule has 0 amide bonds. The summed E-state index contributed by atoms with van der Waals surface area (Å²) in [5, 5.41) is 0. The smallest absolute Gasteiger partial charge is 0.0919 e. The summed E-state index contributed by atoms with van der Waals surface area (Å²) in [6.07, 6.45) is 38.2. The van der Waals surface area contributed by atoms with Gasteiger partial charge in [-0.25, -0.2) is 0 Å². The largest absolute Gasteiger partial charge is 0.370 e.